The fraction of sp³-hybridized carbons (Fsp3) is 0.0769. The largest absolute Gasteiger partial charge is 0.573 e. The summed E-state index contributed by atoms with van der Waals surface area (Å²) in [6.45, 7) is 0. The molecule has 0 radical (unpaired) electrons. The standard InChI is InChI=1S/C13H9ClF3NO3S/c14-11-3-1-2-4-12(11)18-22(19,20)10-7-5-9(6-8-10)21-13(15,16)17/h1-8,18H. The number of para-hydroxylation sites is 1. The Balaban J connectivity index is 2.22. The van der Waals surface area contributed by atoms with Crippen molar-refractivity contribution in [3.63, 3.8) is 0 Å². The van der Waals surface area contributed by atoms with Crippen LogP contribution in [0.2, 0.25) is 5.02 Å². The van der Waals surface area contributed by atoms with Crippen LogP contribution >= 0.6 is 11.6 Å². The molecule has 118 valence electrons. The van der Waals surface area contributed by atoms with Crippen molar-refractivity contribution in [3.8, 4) is 5.75 Å². The number of alkyl halides is 3. The van der Waals surface area contributed by atoms with Crippen molar-refractivity contribution >= 4 is 27.3 Å². The second-order valence-corrected chi connectivity index (χ2v) is 6.19. The summed E-state index contributed by atoms with van der Waals surface area (Å²) >= 11 is 5.84. The first-order valence-electron chi connectivity index (χ1n) is 5.80. The molecule has 0 atom stereocenters. The highest BCUT2D eigenvalue weighted by molar-refractivity contribution is 7.92. The monoisotopic (exact) mass is 351 g/mol. The van der Waals surface area contributed by atoms with E-state index in [0.717, 1.165) is 24.3 Å². The molecule has 0 fully saturated rings. The van der Waals surface area contributed by atoms with Gasteiger partial charge in [0.2, 0.25) is 0 Å². The van der Waals surface area contributed by atoms with Crippen LogP contribution in [0, 0.1) is 0 Å². The molecule has 0 spiro atoms. The lowest BCUT2D eigenvalue weighted by atomic mass is 10.3. The molecule has 0 amide bonds. The fourth-order valence-corrected chi connectivity index (χ4v) is 2.89. The summed E-state index contributed by atoms with van der Waals surface area (Å²) in [6, 6.07) is 10.00. The summed E-state index contributed by atoms with van der Waals surface area (Å²) in [4.78, 5) is -0.220. The molecule has 0 saturated carbocycles. The molecule has 4 nitrogen and oxygen atoms in total. The van der Waals surface area contributed by atoms with Crippen molar-refractivity contribution in [2.24, 2.45) is 0 Å². The highest BCUT2D eigenvalue weighted by atomic mass is 35.5. The topological polar surface area (TPSA) is 55.4 Å². The van der Waals surface area contributed by atoms with Crippen molar-refractivity contribution in [1.29, 1.82) is 0 Å². The van der Waals surface area contributed by atoms with Gasteiger partial charge in [-0.1, -0.05) is 23.7 Å². The molecule has 0 unspecified atom stereocenters. The quantitative estimate of drug-likeness (QED) is 0.904. The van der Waals surface area contributed by atoms with E-state index in [2.05, 4.69) is 9.46 Å². The van der Waals surface area contributed by atoms with Crippen LogP contribution in [0.5, 0.6) is 5.75 Å². The van der Waals surface area contributed by atoms with E-state index in [1.807, 2.05) is 0 Å². The number of halogens is 4. The molecule has 0 heterocycles. The minimum atomic E-state index is -4.84. The second kappa shape index (κ2) is 6.05. The molecular weight excluding hydrogens is 343 g/mol. The molecule has 2 rings (SSSR count). The number of benzene rings is 2. The molecule has 1 N–H and O–H groups in total. The van der Waals surface area contributed by atoms with Crippen LogP contribution in [-0.4, -0.2) is 14.8 Å². The summed E-state index contributed by atoms with van der Waals surface area (Å²) < 4.78 is 66.3. The number of ether oxygens (including phenoxy) is 1. The van der Waals surface area contributed by atoms with Gasteiger partial charge >= 0.3 is 6.36 Å². The fourth-order valence-electron chi connectivity index (χ4n) is 1.57. The van der Waals surface area contributed by atoms with Gasteiger partial charge in [-0.15, -0.1) is 13.2 Å². The first-order valence-corrected chi connectivity index (χ1v) is 7.67. The van der Waals surface area contributed by atoms with Gasteiger partial charge < -0.3 is 4.74 Å². The van der Waals surface area contributed by atoms with Gasteiger partial charge in [-0.2, -0.15) is 0 Å². The third-order valence-electron chi connectivity index (χ3n) is 2.49. The van der Waals surface area contributed by atoms with Crippen LogP contribution in [0.3, 0.4) is 0 Å². The molecule has 0 aliphatic rings. The highest BCUT2D eigenvalue weighted by Crippen LogP contribution is 2.26. The van der Waals surface area contributed by atoms with E-state index in [4.69, 9.17) is 11.6 Å². The summed E-state index contributed by atoms with van der Waals surface area (Å²) in [7, 11) is -3.97. The van der Waals surface area contributed by atoms with Crippen LogP contribution in [0.4, 0.5) is 18.9 Å². The SMILES string of the molecule is O=S(=O)(Nc1ccccc1Cl)c1ccc(OC(F)(F)F)cc1. The number of anilines is 1. The minimum absolute atomic E-state index is 0.166. The first kappa shape index (κ1) is 16.4. The Bertz CT molecular complexity index is 761. The van der Waals surface area contributed by atoms with Gasteiger partial charge in [-0.05, 0) is 36.4 Å². The predicted octanol–water partition coefficient (Wildman–Crippen LogP) is 4.04. The number of rotatable bonds is 4. The summed E-state index contributed by atoms with van der Waals surface area (Å²) in [6.07, 6.45) is -4.84. The van der Waals surface area contributed by atoms with E-state index >= 15 is 0 Å². The predicted molar refractivity (Wildman–Crippen MR) is 75.4 cm³/mol. The van der Waals surface area contributed by atoms with E-state index in [1.54, 1.807) is 12.1 Å². The first-order chi connectivity index (χ1) is 10.2. The van der Waals surface area contributed by atoms with Crippen LogP contribution in [0.15, 0.2) is 53.4 Å². The van der Waals surface area contributed by atoms with Gasteiger partial charge in [-0.3, -0.25) is 4.72 Å². The van der Waals surface area contributed by atoms with Crippen LogP contribution in [-0.2, 0) is 10.0 Å². The maximum Gasteiger partial charge on any atom is 0.573 e. The summed E-state index contributed by atoms with van der Waals surface area (Å²) in [5.74, 6) is -0.510. The lowest BCUT2D eigenvalue weighted by molar-refractivity contribution is -0.274. The molecule has 0 bridgehead atoms. The molecule has 2 aromatic rings. The van der Waals surface area contributed by atoms with Gasteiger partial charge in [0, 0.05) is 0 Å². The molecule has 0 aromatic heterocycles. The van der Waals surface area contributed by atoms with Gasteiger partial charge in [-0.25, -0.2) is 8.42 Å². The van der Waals surface area contributed by atoms with Crippen LogP contribution in [0.1, 0.15) is 0 Å². The Labute approximate surface area is 129 Å². The normalized spacial score (nSPS) is 12.0. The average molecular weight is 352 g/mol. The zero-order chi connectivity index (χ0) is 16.4. The molecule has 0 saturated heterocycles. The van der Waals surface area contributed by atoms with E-state index in [0.29, 0.717) is 0 Å². The van der Waals surface area contributed by atoms with Crippen LogP contribution in [0.25, 0.3) is 0 Å². The van der Waals surface area contributed by atoms with Gasteiger partial charge in [0.25, 0.3) is 10.0 Å². The Kier molecular flexibility index (Phi) is 4.52. The van der Waals surface area contributed by atoms with Gasteiger partial charge in [0.05, 0.1) is 15.6 Å². The molecule has 2 aromatic carbocycles. The Morgan fingerprint density at radius 1 is 1.00 bits per heavy atom. The average Bonchev–Trinajstić information content (AvgIpc) is 2.40. The lowest BCUT2D eigenvalue weighted by Gasteiger charge is -2.11. The summed E-state index contributed by atoms with van der Waals surface area (Å²) in [5, 5.41) is 0.197. The number of hydrogen-bond donors (Lipinski definition) is 1. The van der Waals surface area contributed by atoms with E-state index in [-0.39, 0.29) is 15.6 Å². The Hall–Kier alpha value is -1.93. The molecule has 0 aliphatic heterocycles. The highest BCUT2D eigenvalue weighted by Gasteiger charge is 2.31. The maximum atomic E-state index is 12.1. The van der Waals surface area contributed by atoms with E-state index in [9.17, 15) is 21.6 Å². The lowest BCUT2D eigenvalue weighted by Crippen LogP contribution is -2.17. The zero-order valence-electron chi connectivity index (χ0n) is 10.8. The van der Waals surface area contributed by atoms with Crippen molar-refractivity contribution in [2.75, 3.05) is 4.72 Å². The zero-order valence-corrected chi connectivity index (χ0v) is 12.3. The Morgan fingerprint density at radius 3 is 2.14 bits per heavy atom. The van der Waals surface area contributed by atoms with Gasteiger partial charge in [0.15, 0.2) is 0 Å². The number of hydrogen-bond acceptors (Lipinski definition) is 3. The third-order valence-corrected chi connectivity index (χ3v) is 4.20. The summed E-state index contributed by atoms with van der Waals surface area (Å²) in [5.41, 5.74) is 0.166. The minimum Gasteiger partial charge on any atom is -0.406 e. The van der Waals surface area contributed by atoms with Crippen molar-refractivity contribution in [3.05, 3.63) is 53.6 Å². The number of nitrogens with one attached hydrogen (secondary N) is 1. The third kappa shape index (κ3) is 4.28. The van der Waals surface area contributed by atoms with Gasteiger partial charge in [0.1, 0.15) is 5.75 Å². The van der Waals surface area contributed by atoms with Crippen molar-refractivity contribution < 1.29 is 26.3 Å². The second-order valence-electron chi connectivity index (χ2n) is 4.10. The molecular formula is C13H9ClF3NO3S. The van der Waals surface area contributed by atoms with Crippen LogP contribution < -0.4 is 9.46 Å². The van der Waals surface area contributed by atoms with Crippen molar-refractivity contribution in [1.82, 2.24) is 0 Å². The van der Waals surface area contributed by atoms with E-state index < -0.39 is 22.1 Å². The molecule has 9 heteroatoms. The van der Waals surface area contributed by atoms with E-state index in [1.165, 1.54) is 12.1 Å². The Morgan fingerprint density at radius 2 is 1.59 bits per heavy atom. The van der Waals surface area contributed by atoms with Crippen molar-refractivity contribution in [2.45, 2.75) is 11.3 Å². The maximum absolute atomic E-state index is 12.1. The smallest absolute Gasteiger partial charge is 0.406 e. The molecule has 22 heavy (non-hydrogen) atoms. The number of sulfonamides is 1. The molecule has 0 aliphatic carbocycles.